The van der Waals surface area contributed by atoms with Gasteiger partial charge in [0.2, 0.25) is 0 Å². The number of hydrogen-bond acceptors (Lipinski definition) is 4. The van der Waals surface area contributed by atoms with Gasteiger partial charge in [0.25, 0.3) is 5.91 Å². The first kappa shape index (κ1) is 17.3. The van der Waals surface area contributed by atoms with E-state index in [2.05, 4.69) is 39.5 Å². The predicted molar refractivity (Wildman–Crippen MR) is 106 cm³/mol. The van der Waals surface area contributed by atoms with Crippen molar-refractivity contribution >= 4 is 17.3 Å². The van der Waals surface area contributed by atoms with Gasteiger partial charge in [-0.3, -0.25) is 4.79 Å². The van der Waals surface area contributed by atoms with Crippen LogP contribution in [-0.2, 0) is 0 Å². The molecule has 1 fully saturated rings. The van der Waals surface area contributed by atoms with Crippen molar-refractivity contribution in [1.29, 1.82) is 0 Å². The second kappa shape index (κ2) is 7.61. The predicted octanol–water partition coefficient (Wildman–Crippen LogP) is 3.76. The van der Waals surface area contributed by atoms with E-state index in [-0.39, 0.29) is 11.6 Å². The molecule has 0 aliphatic carbocycles. The van der Waals surface area contributed by atoms with Crippen LogP contribution in [0.25, 0.3) is 5.69 Å². The van der Waals surface area contributed by atoms with E-state index >= 15 is 0 Å². The van der Waals surface area contributed by atoms with Crippen molar-refractivity contribution in [3.63, 3.8) is 0 Å². The summed E-state index contributed by atoms with van der Waals surface area (Å²) in [6.45, 7) is 4.49. The molecule has 6 nitrogen and oxygen atoms in total. The van der Waals surface area contributed by atoms with Gasteiger partial charge in [0.15, 0.2) is 5.69 Å². The minimum atomic E-state index is -0.267. The Morgan fingerprint density at radius 1 is 1.00 bits per heavy atom. The number of carbonyl (C=O) groups is 1. The Bertz CT molecular complexity index is 896. The molecule has 1 N–H and O–H groups in total. The molecule has 138 valence electrons. The monoisotopic (exact) mass is 361 g/mol. The fourth-order valence-electron chi connectivity index (χ4n) is 3.27. The summed E-state index contributed by atoms with van der Waals surface area (Å²) in [5.74, 6) is 0.542. The molecule has 1 aromatic heterocycles. The molecule has 0 radical (unpaired) electrons. The van der Waals surface area contributed by atoms with Gasteiger partial charge < -0.3 is 10.2 Å². The molecule has 2 heterocycles. The lowest BCUT2D eigenvalue weighted by Gasteiger charge is -2.32. The number of carbonyl (C=O) groups excluding carboxylic acids is 1. The van der Waals surface area contributed by atoms with Crippen molar-refractivity contribution in [1.82, 2.24) is 15.0 Å². The average Bonchev–Trinajstić information content (AvgIpc) is 3.20. The van der Waals surface area contributed by atoms with Crippen LogP contribution in [0.4, 0.5) is 11.4 Å². The largest absolute Gasteiger partial charge is 0.372 e. The maximum atomic E-state index is 12.4. The van der Waals surface area contributed by atoms with Crippen LogP contribution >= 0.6 is 0 Å². The summed E-state index contributed by atoms with van der Waals surface area (Å²) >= 11 is 0. The smallest absolute Gasteiger partial charge is 0.277 e. The highest BCUT2D eigenvalue weighted by molar-refractivity contribution is 6.02. The first-order valence-corrected chi connectivity index (χ1v) is 9.33. The van der Waals surface area contributed by atoms with Crippen LogP contribution in [0.1, 0.15) is 30.3 Å². The van der Waals surface area contributed by atoms with Crippen LogP contribution in [0.15, 0.2) is 60.8 Å². The quantitative estimate of drug-likeness (QED) is 0.769. The molecule has 0 atom stereocenters. The third-order valence-corrected chi connectivity index (χ3v) is 4.99. The average molecular weight is 361 g/mol. The molecule has 2 aromatic carbocycles. The number of nitrogens with one attached hydrogen (secondary N) is 1. The lowest BCUT2D eigenvalue weighted by atomic mass is 9.99. The van der Waals surface area contributed by atoms with Crippen LogP contribution in [0, 0.1) is 5.92 Å². The van der Waals surface area contributed by atoms with Gasteiger partial charge in [0.1, 0.15) is 0 Å². The first-order chi connectivity index (χ1) is 13.2. The minimum Gasteiger partial charge on any atom is -0.372 e. The van der Waals surface area contributed by atoms with E-state index in [1.807, 2.05) is 42.5 Å². The summed E-state index contributed by atoms with van der Waals surface area (Å²) in [5.41, 5.74) is 3.06. The number of nitrogens with zero attached hydrogens (tertiary/aromatic N) is 4. The number of hydrogen-bond donors (Lipinski definition) is 1. The van der Waals surface area contributed by atoms with Crippen molar-refractivity contribution in [2.24, 2.45) is 5.92 Å². The van der Waals surface area contributed by atoms with Gasteiger partial charge in [0.05, 0.1) is 11.9 Å². The number of aromatic nitrogens is 3. The summed E-state index contributed by atoms with van der Waals surface area (Å²) in [7, 11) is 0. The molecule has 0 unspecified atom stereocenters. The van der Waals surface area contributed by atoms with E-state index in [4.69, 9.17) is 0 Å². The van der Waals surface area contributed by atoms with Gasteiger partial charge in [-0.1, -0.05) is 25.1 Å². The van der Waals surface area contributed by atoms with E-state index in [1.54, 1.807) is 0 Å². The molecule has 0 spiro atoms. The summed E-state index contributed by atoms with van der Waals surface area (Å²) in [6, 6.07) is 17.5. The van der Waals surface area contributed by atoms with E-state index in [0.717, 1.165) is 30.4 Å². The molecule has 1 saturated heterocycles. The van der Waals surface area contributed by atoms with Gasteiger partial charge in [-0.15, -0.1) is 5.10 Å². The lowest BCUT2D eigenvalue weighted by Crippen LogP contribution is -2.32. The van der Waals surface area contributed by atoms with Crippen molar-refractivity contribution in [3.05, 3.63) is 66.5 Å². The summed E-state index contributed by atoms with van der Waals surface area (Å²) in [5, 5.41) is 11.3. The van der Waals surface area contributed by atoms with Crippen molar-refractivity contribution in [2.45, 2.75) is 19.8 Å². The Kier molecular flexibility index (Phi) is 4.87. The topological polar surface area (TPSA) is 63.1 Å². The van der Waals surface area contributed by atoms with Gasteiger partial charge >= 0.3 is 0 Å². The maximum Gasteiger partial charge on any atom is 0.277 e. The summed E-state index contributed by atoms with van der Waals surface area (Å²) in [6.07, 6.45) is 3.94. The van der Waals surface area contributed by atoms with Gasteiger partial charge in [-0.05, 0) is 55.2 Å². The highest BCUT2D eigenvalue weighted by atomic mass is 16.2. The van der Waals surface area contributed by atoms with E-state index in [1.165, 1.54) is 29.5 Å². The molecule has 6 heteroatoms. The van der Waals surface area contributed by atoms with Crippen LogP contribution in [0.3, 0.4) is 0 Å². The zero-order chi connectivity index (χ0) is 18.6. The Morgan fingerprint density at radius 2 is 1.70 bits per heavy atom. The first-order valence-electron chi connectivity index (χ1n) is 9.33. The van der Waals surface area contributed by atoms with Gasteiger partial charge in [-0.2, -0.15) is 9.90 Å². The van der Waals surface area contributed by atoms with Crippen LogP contribution < -0.4 is 10.2 Å². The van der Waals surface area contributed by atoms with Crippen LogP contribution in [0.5, 0.6) is 0 Å². The van der Waals surface area contributed by atoms with Gasteiger partial charge in [0, 0.05) is 24.5 Å². The second-order valence-corrected chi connectivity index (χ2v) is 7.03. The number of para-hydroxylation sites is 1. The fourth-order valence-corrected chi connectivity index (χ4v) is 3.27. The van der Waals surface area contributed by atoms with Crippen molar-refractivity contribution in [3.8, 4) is 5.69 Å². The summed E-state index contributed by atoms with van der Waals surface area (Å²) in [4.78, 5) is 16.3. The molecule has 0 bridgehead atoms. The zero-order valence-corrected chi connectivity index (χ0v) is 15.4. The number of benzene rings is 2. The normalized spacial score (nSPS) is 14.9. The molecule has 1 aliphatic rings. The minimum absolute atomic E-state index is 0.267. The molecule has 4 rings (SSSR count). The van der Waals surface area contributed by atoms with E-state index < -0.39 is 0 Å². The molecule has 3 aromatic rings. The van der Waals surface area contributed by atoms with Crippen LogP contribution in [0.2, 0.25) is 0 Å². The molecular weight excluding hydrogens is 338 g/mol. The van der Waals surface area contributed by atoms with Gasteiger partial charge in [-0.25, -0.2) is 0 Å². The highest BCUT2D eigenvalue weighted by Crippen LogP contribution is 2.24. The van der Waals surface area contributed by atoms with Crippen molar-refractivity contribution < 1.29 is 4.79 Å². The standard InChI is InChI=1S/C21H23N5O/c1-16-11-13-25(14-12-16)18-9-7-17(8-10-18)23-21(27)20-15-22-26(24-20)19-5-3-2-4-6-19/h2-10,15-16H,11-14H2,1H3,(H,23,27). The molecule has 1 aliphatic heterocycles. The Balaban J connectivity index is 1.40. The Morgan fingerprint density at radius 3 is 2.41 bits per heavy atom. The molecule has 0 saturated carbocycles. The maximum absolute atomic E-state index is 12.4. The van der Waals surface area contributed by atoms with E-state index in [9.17, 15) is 4.79 Å². The van der Waals surface area contributed by atoms with Crippen LogP contribution in [-0.4, -0.2) is 34.0 Å². The number of rotatable bonds is 4. The molecule has 27 heavy (non-hydrogen) atoms. The Hall–Kier alpha value is -3.15. The third kappa shape index (κ3) is 4.00. The third-order valence-electron chi connectivity index (χ3n) is 4.99. The van der Waals surface area contributed by atoms with E-state index in [0.29, 0.717) is 0 Å². The highest BCUT2D eigenvalue weighted by Gasteiger charge is 2.16. The second-order valence-electron chi connectivity index (χ2n) is 7.03. The summed E-state index contributed by atoms with van der Waals surface area (Å²) < 4.78 is 0. The fraction of sp³-hybridized carbons (Fsp3) is 0.286. The molecule has 1 amide bonds. The number of anilines is 2. The molecular formula is C21H23N5O. The van der Waals surface area contributed by atoms with Crippen molar-refractivity contribution in [2.75, 3.05) is 23.3 Å². The zero-order valence-electron chi connectivity index (χ0n) is 15.4. The number of piperidine rings is 1. The number of amides is 1. The SMILES string of the molecule is CC1CCN(c2ccc(NC(=O)c3cnn(-c4ccccc4)n3)cc2)CC1. The Labute approximate surface area is 158 Å². The lowest BCUT2D eigenvalue weighted by molar-refractivity contribution is 0.102.